The van der Waals surface area contributed by atoms with E-state index in [9.17, 15) is 24.4 Å². The van der Waals surface area contributed by atoms with E-state index in [0.29, 0.717) is 11.5 Å². The minimum absolute atomic E-state index is 0.0935. The van der Waals surface area contributed by atoms with Gasteiger partial charge in [0.1, 0.15) is 11.0 Å². The molecule has 35 heavy (non-hydrogen) atoms. The van der Waals surface area contributed by atoms with Crippen LogP contribution in [-0.2, 0) is 6.54 Å². The number of fused-ring (bicyclic) bond motifs is 2. The molecule has 2 fully saturated rings. The van der Waals surface area contributed by atoms with Gasteiger partial charge < -0.3 is 15.0 Å². The lowest BCUT2D eigenvalue weighted by Crippen LogP contribution is -2.48. The van der Waals surface area contributed by atoms with Gasteiger partial charge in [0.15, 0.2) is 10.9 Å². The van der Waals surface area contributed by atoms with Crippen molar-refractivity contribution in [2.75, 3.05) is 58.9 Å². The Morgan fingerprint density at radius 1 is 0.686 bits per heavy atom. The molecule has 0 saturated carbocycles. The third-order valence-corrected chi connectivity index (χ3v) is 7.45. The van der Waals surface area contributed by atoms with Gasteiger partial charge in [0, 0.05) is 32.7 Å². The number of piperidine rings is 1. The Labute approximate surface area is 201 Å². The molecule has 1 aromatic heterocycles. The molecule has 0 bridgehead atoms. The maximum atomic E-state index is 13.1. The Balaban J connectivity index is 1.24. The number of nitrogens with zero attached hydrogens (tertiary/aromatic N) is 5. The number of H-pyrrole nitrogens is 1. The normalized spacial score (nSPS) is 18.6. The Bertz CT molecular complexity index is 1430. The Kier molecular flexibility index (Phi) is 6.72. The minimum Gasteiger partial charge on any atom is -0.399 e. The SMILES string of the molecule is O=c1ccc(=O)c2c(=O)c3c([nH]n(O)n3CCN3CCN(CCCN4CCCCC4)CC3)c(=O)c12. The molecular weight excluding hydrogens is 452 g/mol. The highest BCUT2D eigenvalue weighted by atomic mass is 16.5. The van der Waals surface area contributed by atoms with E-state index in [1.807, 2.05) is 0 Å². The molecule has 0 atom stereocenters. The molecule has 2 N–H and O–H groups in total. The predicted octanol–water partition coefficient (Wildman–Crippen LogP) is -0.466. The van der Waals surface area contributed by atoms with Crippen LogP contribution < -0.4 is 21.7 Å². The number of aromatic nitrogens is 3. The van der Waals surface area contributed by atoms with Crippen LogP contribution in [0.4, 0.5) is 0 Å². The molecule has 0 spiro atoms. The summed E-state index contributed by atoms with van der Waals surface area (Å²) in [5.41, 5.74) is -3.09. The van der Waals surface area contributed by atoms with E-state index < -0.39 is 32.5 Å². The molecule has 188 valence electrons. The van der Waals surface area contributed by atoms with Crippen molar-refractivity contribution in [1.82, 2.24) is 29.4 Å². The van der Waals surface area contributed by atoms with Gasteiger partial charge in [-0.1, -0.05) is 11.4 Å². The number of rotatable bonds is 7. The van der Waals surface area contributed by atoms with Gasteiger partial charge in [0.05, 0.1) is 17.3 Å². The molecule has 0 amide bonds. The first-order valence-corrected chi connectivity index (χ1v) is 12.5. The van der Waals surface area contributed by atoms with E-state index in [4.69, 9.17) is 0 Å². The molecule has 5 rings (SSSR count). The highest BCUT2D eigenvalue weighted by Crippen LogP contribution is 2.11. The number of hydrogen-bond acceptors (Lipinski definition) is 8. The van der Waals surface area contributed by atoms with E-state index in [1.165, 1.54) is 50.0 Å². The second-order valence-electron chi connectivity index (χ2n) is 9.66. The molecular formula is C24H32N6O5. The Morgan fingerprint density at radius 2 is 1.23 bits per heavy atom. The Hall–Kier alpha value is -3.02. The van der Waals surface area contributed by atoms with Gasteiger partial charge in [-0.05, 0) is 57.6 Å². The van der Waals surface area contributed by atoms with Crippen molar-refractivity contribution >= 4 is 21.8 Å². The van der Waals surface area contributed by atoms with Crippen LogP contribution in [0.2, 0.25) is 0 Å². The van der Waals surface area contributed by atoms with Crippen LogP contribution in [0.1, 0.15) is 25.7 Å². The zero-order chi connectivity index (χ0) is 24.5. The monoisotopic (exact) mass is 484 g/mol. The molecule has 2 aliphatic heterocycles. The van der Waals surface area contributed by atoms with Crippen LogP contribution in [0.5, 0.6) is 0 Å². The maximum Gasteiger partial charge on any atom is 0.218 e. The zero-order valence-electron chi connectivity index (χ0n) is 19.9. The summed E-state index contributed by atoms with van der Waals surface area (Å²) in [6.45, 7) is 9.22. The van der Waals surface area contributed by atoms with Crippen molar-refractivity contribution in [2.24, 2.45) is 0 Å². The first-order valence-electron chi connectivity index (χ1n) is 12.5. The number of hydrogen-bond donors (Lipinski definition) is 2. The first kappa shape index (κ1) is 23.7. The van der Waals surface area contributed by atoms with Gasteiger partial charge in [-0.15, -0.1) is 0 Å². The van der Waals surface area contributed by atoms with Gasteiger partial charge in [0.25, 0.3) is 0 Å². The van der Waals surface area contributed by atoms with Gasteiger partial charge >= 0.3 is 0 Å². The quantitative estimate of drug-likeness (QED) is 0.432. The third kappa shape index (κ3) is 4.63. The molecule has 3 heterocycles. The lowest BCUT2D eigenvalue weighted by molar-refractivity contribution is 0.0656. The number of likely N-dealkylation sites (tertiary alicyclic amines) is 1. The van der Waals surface area contributed by atoms with Crippen LogP contribution in [0.25, 0.3) is 21.8 Å². The molecule has 2 saturated heterocycles. The number of aromatic amines is 1. The van der Waals surface area contributed by atoms with Crippen molar-refractivity contribution in [3.63, 3.8) is 0 Å². The number of nitrogens with one attached hydrogen (secondary N) is 1. The highest BCUT2D eigenvalue weighted by molar-refractivity contribution is 5.94. The summed E-state index contributed by atoms with van der Waals surface area (Å²) in [6, 6.07) is 2.00. The van der Waals surface area contributed by atoms with Gasteiger partial charge in [-0.3, -0.25) is 24.1 Å². The average molecular weight is 485 g/mol. The third-order valence-electron chi connectivity index (χ3n) is 7.45. The highest BCUT2D eigenvalue weighted by Gasteiger charge is 2.22. The van der Waals surface area contributed by atoms with Crippen LogP contribution in [0, 0.1) is 0 Å². The molecule has 2 aromatic carbocycles. The van der Waals surface area contributed by atoms with E-state index in [2.05, 4.69) is 19.8 Å². The average Bonchev–Trinajstić information content (AvgIpc) is 3.20. The van der Waals surface area contributed by atoms with Crippen LogP contribution in [-0.4, -0.2) is 93.6 Å². The zero-order valence-corrected chi connectivity index (χ0v) is 19.9. The van der Waals surface area contributed by atoms with Crippen molar-refractivity contribution in [2.45, 2.75) is 32.2 Å². The van der Waals surface area contributed by atoms with E-state index in [0.717, 1.165) is 44.9 Å². The van der Waals surface area contributed by atoms with Crippen molar-refractivity contribution < 1.29 is 5.21 Å². The molecule has 2 aliphatic rings. The van der Waals surface area contributed by atoms with E-state index >= 15 is 0 Å². The molecule has 0 unspecified atom stereocenters. The molecule has 3 aromatic rings. The van der Waals surface area contributed by atoms with Gasteiger partial charge in [-0.25, -0.2) is 9.78 Å². The first-order chi connectivity index (χ1) is 16.9. The topological polar surface area (TPSA) is 124 Å². The fraction of sp³-hybridized carbons (Fsp3) is 0.583. The maximum absolute atomic E-state index is 13.1. The number of piperazine rings is 1. The summed E-state index contributed by atoms with van der Waals surface area (Å²) in [4.78, 5) is 58.3. The summed E-state index contributed by atoms with van der Waals surface area (Å²) in [5.74, 6) is 0. The van der Waals surface area contributed by atoms with Crippen molar-refractivity contribution in [3.05, 3.63) is 53.0 Å². The molecule has 11 heteroatoms. The second kappa shape index (κ2) is 9.92. The minimum atomic E-state index is -0.753. The predicted molar refractivity (Wildman–Crippen MR) is 133 cm³/mol. The standard InChI is InChI=1S/C24H32N6O5/c31-17-5-6-18(32)20-19(17)23(33)21-22(24(20)34)29(30(35)25-21)16-15-28-13-11-27(12-14-28)10-4-9-26-7-2-1-3-8-26/h5-6,25,35H,1-4,7-16H2. The van der Waals surface area contributed by atoms with Gasteiger partial charge in [0.2, 0.25) is 10.9 Å². The summed E-state index contributed by atoms with van der Waals surface area (Å²) >= 11 is 0. The van der Waals surface area contributed by atoms with Crippen LogP contribution in [0.15, 0.2) is 31.3 Å². The molecule has 0 radical (unpaired) electrons. The fourth-order valence-electron chi connectivity index (χ4n) is 5.46. The summed E-state index contributed by atoms with van der Waals surface area (Å²) < 4.78 is 1.26. The fourth-order valence-corrected chi connectivity index (χ4v) is 5.46. The summed E-state index contributed by atoms with van der Waals surface area (Å²) in [6.07, 6.45) is 5.18. The van der Waals surface area contributed by atoms with Crippen molar-refractivity contribution in [3.8, 4) is 0 Å². The smallest absolute Gasteiger partial charge is 0.218 e. The van der Waals surface area contributed by atoms with Crippen LogP contribution >= 0.6 is 0 Å². The molecule has 0 aliphatic carbocycles. The van der Waals surface area contributed by atoms with E-state index in [1.54, 1.807) is 0 Å². The molecule has 11 nitrogen and oxygen atoms in total. The lowest BCUT2D eigenvalue weighted by Gasteiger charge is -2.35. The summed E-state index contributed by atoms with van der Waals surface area (Å²) in [5, 5.41) is 12.0. The lowest BCUT2D eigenvalue weighted by atomic mass is 10.1. The Morgan fingerprint density at radius 3 is 1.86 bits per heavy atom. The summed E-state index contributed by atoms with van der Waals surface area (Å²) in [7, 11) is 0. The van der Waals surface area contributed by atoms with Crippen molar-refractivity contribution in [1.29, 1.82) is 0 Å². The van der Waals surface area contributed by atoms with Gasteiger partial charge in [-0.2, -0.15) is 0 Å². The van der Waals surface area contributed by atoms with Crippen LogP contribution in [0.3, 0.4) is 0 Å². The second-order valence-corrected chi connectivity index (χ2v) is 9.66. The number of benzene rings is 2. The largest absolute Gasteiger partial charge is 0.399 e. The van der Waals surface area contributed by atoms with E-state index in [-0.39, 0.29) is 17.6 Å².